The summed E-state index contributed by atoms with van der Waals surface area (Å²) in [5, 5.41) is 17.7. The Bertz CT molecular complexity index is 524. The van der Waals surface area contributed by atoms with Crippen molar-refractivity contribution in [2.45, 2.75) is 25.4 Å². The van der Waals surface area contributed by atoms with Crippen molar-refractivity contribution in [3.63, 3.8) is 0 Å². The Labute approximate surface area is 109 Å². The Morgan fingerprint density at radius 3 is 2.26 bits per heavy atom. The third kappa shape index (κ3) is 2.73. The van der Waals surface area contributed by atoms with Gasteiger partial charge in [0.25, 0.3) is 5.91 Å². The maximum Gasteiger partial charge on any atom is 0.305 e. The van der Waals surface area contributed by atoms with E-state index in [1.54, 1.807) is 24.3 Å². The molecule has 0 saturated carbocycles. The third-order valence-corrected chi connectivity index (χ3v) is 3.11. The predicted octanol–water partition coefficient (Wildman–Crippen LogP) is 0.960. The quantitative estimate of drug-likeness (QED) is 0.825. The van der Waals surface area contributed by atoms with E-state index in [2.05, 4.69) is 0 Å². The molecule has 0 saturated heterocycles. The largest absolute Gasteiger partial charge is 0.481 e. The zero-order valence-electron chi connectivity index (χ0n) is 10.1. The SMILES string of the molecule is O=C(O)CC(CC(=O)O)N1Cc2ccccc2C1=O. The van der Waals surface area contributed by atoms with Gasteiger partial charge >= 0.3 is 11.9 Å². The number of carbonyl (C=O) groups excluding carboxylic acids is 1. The number of benzene rings is 1. The molecule has 1 amide bonds. The first-order chi connectivity index (χ1) is 8.99. The number of carboxylic acids is 2. The van der Waals surface area contributed by atoms with Gasteiger partial charge < -0.3 is 15.1 Å². The van der Waals surface area contributed by atoms with Gasteiger partial charge in [-0.2, -0.15) is 0 Å². The standard InChI is InChI=1S/C13H13NO5/c15-11(16)5-9(6-12(17)18)14-7-8-3-1-2-4-10(8)13(14)19/h1-4,9H,5-7H2,(H,15,16)(H,17,18). The van der Waals surface area contributed by atoms with E-state index in [1.807, 2.05) is 0 Å². The maximum atomic E-state index is 12.1. The first-order valence-corrected chi connectivity index (χ1v) is 5.81. The molecular formula is C13H13NO5. The second kappa shape index (κ2) is 5.09. The molecule has 2 N–H and O–H groups in total. The van der Waals surface area contributed by atoms with Crippen LogP contribution < -0.4 is 0 Å². The molecule has 1 aromatic rings. The molecule has 0 fully saturated rings. The van der Waals surface area contributed by atoms with Crippen molar-refractivity contribution in [3.05, 3.63) is 35.4 Å². The monoisotopic (exact) mass is 263 g/mol. The summed E-state index contributed by atoms with van der Waals surface area (Å²) in [6.45, 7) is 0.264. The van der Waals surface area contributed by atoms with Gasteiger partial charge in [0, 0.05) is 12.1 Å². The molecule has 0 radical (unpaired) electrons. The highest BCUT2D eigenvalue weighted by Gasteiger charge is 2.34. The number of fused-ring (bicyclic) bond motifs is 1. The van der Waals surface area contributed by atoms with Gasteiger partial charge in [0.2, 0.25) is 0 Å². The van der Waals surface area contributed by atoms with Crippen molar-refractivity contribution in [2.75, 3.05) is 0 Å². The number of nitrogens with zero attached hydrogens (tertiary/aromatic N) is 1. The molecule has 1 heterocycles. The molecule has 2 rings (SSSR count). The molecule has 6 nitrogen and oxygen atoms in total. The van der Waals surface area contributed by atoms with Gasteiger partial charge in [-0.15, -0.1) is 0 Å². The zero-order valence-corrected chi connectivity index (χ0v) is 10.1. The number of rotatable bonds is 5. The molecule has 100 valence electrons. The second-order valence-corrected chi connectivity index (χ2v) is 4.44. The molecule has 0 unspecified atom stereocenters. The number of aliphatic carboxylic acids is 2. The smallest absolute Gasteiger partial charge is 0.305 e. The van der Waals surface area contributed by atoms with Crippen LogP contribution in [0.15, 0.2) is 24.3 Å². The van der Waals surface area contributed by atoms with Crippen molar-refractivity contribution >= 4 is 17.8 Å². The minimum absolute atomic E-state index is 0.264. The van der Waals surface area contributed by atoms with Crippen LogP contribution in [0.25, 0.3) is 0 Å². The van der Waals surface area contributed by atoms with Gasteiger partial charge in [-0.25, -0.2) is 0 Å². The van der Waals surface area contributed by atoms with Crippen LogP contribution in [-0.4, -0.2) is 39.0 Å². The lowest BCUT2D eigenvalue weighted by Gasteiger charge is -2.25. The van der Waals surface area contributed by atoms with Crippen molar-refractivity contribution in [1.82, 2.24) is 4.90 Å². The summed E-state index contributed by atoms with van der Waals surface area (Å²) in [4.78, 5) is 35.1. The lowest BCUT2D eigenvalue weighted by atomic mass is 10.1. The summed E-state index contributed by atoms with van der Waals surface area (Å²) >= 11 is 0. The normalized spacial score (nSPS) is 13.7. The molecule has 6 heteroatoms. The highest BCUT2D eigenvalue weighted by atomic mass is 16.4. The number of hydrogen-bond donors (Lipinski definition) is 2. The lowest BCUT2D eigenvalue weighted by Crippen LogP contribution is -2.38. The van der Waals surface area contributed by atoms with Gasteiger partial charge in [-0.1, -0.05) is 18.2 Å². The Morgan fingerprint density at radius 1 is 1.16 bits per heavy atom. The van der Waals surface area contributed by atoms with Crippen LogP contribution in [0.2, 0.25) is 0 Å². The van der Waals surface area contributed by atoms with Gasteiger partial charge in [-0.05, 0) is 11.6 Å². The van der Waals surface area contributed by atoms with E-state index < -0.39 is 18.0 Å². The van der Waals surface area contributed by atoms with E-state index in [1.165, 1.54) is 4.90 Å². The number of carbonyl (C=O) groups is 3. The topological polar surface area (TPSA) is 94.9 Å². The Balaban J connectivity index is 2.23. The fourth-order valence-corrected chi connectivity index (χ4v) is 2.27. The summed E-state index contributed by atoms with van der Waals surface area (Å²) in [6.07, 6.45) is -0.738. The van der Waals surface area contributed by atoms with Gasteiger partial charge in [-0.3, -0.25) is 14.4 Å². The lowest BCUT2D eigenvalue weighted by molar-refractivity contribution is -0.140. The molecular weight excluding hydrogens is 250 g/mol. The second-order valence-electron chi connectivity index (χ2n) is 4.44. The van der Waals surface area contributed by atoms with E-state index in [9.17, 15) is 14.4 Å². The molecule has 0 aliphatic carbocycles. The fourth-order valence-electron chi connectivity index (χ4n) is 2.27. The summed E-state index contributed by atoms with van der Waals surface area (Å²) in [5.41, 5.74) is 1.32. The number of amides is 1. The minimum atomic E-state index is -1.12. The first-order valence-electron chi connectivity index (χ1n) is 5.81. The Morgan fingerprint density at radius 2 is 1.74 bits per heavy atom. The molecule has 0 aromatic heterocycles. The van der Waals surface area contributed by atoms with E-state index in [4.69, 9.17) is 10.2 Å². The van der Waals surface area contributed by atoms with Gasteiger partial charge in [0.15, 0.2) is 0 Å². The Kier molecular flexibility index (Phi) is 3.50. The van der Waals surface area contributed by atoms with Crippen LogP contribution in [0, 0.1) is 0 Å². The van der Waals surface area contributed by atoms with Crippen molar-refractivity contribution in [2.24, 2.45) is 0 Å². The summed E-state index contributed by atoms with van der Waals surface area (Å²) < 4.78 is 0. The van der Waals surface area contributed by atoms with Crippen molar-refractivity contribution < 1.29 is 24.6 Å². The molecule has 1 aliphatic rings. The van der Waals surface area contributed by atoms with E-state index in [-0.39, 0.29) is 25.3 Å². The highest BCUT2D eigenvalue weighted by molar-refractivity contribution is 5.98. The number of carboxylic acid groups (broad SMARTS) is 2. The number of hydrogen-bond acceptors (Lipinski definition) is 3. The van der Waals surface area contributed by atoms with Crippen LogP contribution in [0.4, 0.5) is 0 Å². The molecule has 0 spiro atoms. The zero-order chi connectivity index (χ0) is 14.0. The molecule has 0 bridgehead atoms. The van der Waals surface area contributed by atoms with Crippen molar-refractivity contribution in [3.8, 4) is 0 Å². The summed E-state index contributed by atoms with van der Waals surface area (Å²) in [7, 11) is 0. The molecule has 1 aliphatic heterocycles. The van der Waals surface area contributed by atoms with Crippen LogP contribution in [0.3, 0.4) is 0 Å². The van der Waals surface area contributed by atoms with E-state index in [0.29, 0.717) is 5.56 Å². The first kappa shape index (κ1) is 13.1. The predicted molar refractivity (Wildman–Crippen MR) is 64.6 cm³/mol. The fraction of sp³-hybridized carbons (Fsp3) is 0.308. The van der Waals surface area contributed by atoms with E-state index in [0.717, 1.165) is 5.56 Å². The molecule has 19 heavy (non-hydrogen) atoms. The average Bonchev–Trinajstić information content (AvgIpc) is 2.65. The van der Waals surface area contributed by atoms with Crippen LogP contribution in [-0.2, 0) is 16.1 Å². The molecule has 1 aromatic carbocycles. The highest BCUT2D eigenvalue weighted by Crippen LogP contribution is 2.26. The Hall–Kier alpha value is -2.37. The van der Waals surface area contributed by atoms with Crippen LogP contribution in [0.5, 0.6) is 0 Å². The van der Waals surface area contributed by atoms with Gasteiger partial charge in [0.05, 0.1) is 18.9 Å². The van der Waals surface area contributed by atoms with Crippen LogP contribution >= 0.6 is 0 Å². The minimum Gasteiger partial charge on any atom is -0.481 e. The van der Waals surface area contributed by atoms with E-state index >= 15 is 0 Å². The van der Waals surface area contributed by atoms with Crippen LogP contribution in [0.1, 0.15) is 28.8 Å². The third-order valence-electron chi connectivity index (χ3n) is 3.11. The van der Waals surface area contributed by atoms with Crippen molar-refractivity contribution in [1.29, 1.82) is 0 Å². The average molecular weight is 263 g/mol. The summed E-state index contributed by atoms with van der Waals surface area (Å²) in [6, 6.07) is 6.14. The maximum absolute atomic E-state index is 12.1. The molecule has 0 atom stereocenters. The van der Waals surface area contributed by atoms with Gasteiger partial charge in [0.1, 0.15) is 0 Å². The summed E-state index contributed by atoms with van der Waals surface area (Å²) in [5.74, 6) is -2.53.